The van der Waals surface area contributed by atoms with Gasteiger partial charge in [-0.05, 0) is 19.3 Å². The average molecular weight is 547 g/mol. The van der Waals surface area contributed by atoms with Gasteiger partial charge in [-0.25, -0.2) is 4.68 Å². The van der Waals surface area contributed by atoms with Crippen LogP contribution in [0.1, 0.15) is 58.6 Å². The van der Waals surface area contributed by atoms with Crippen LogP contribution < -0.4 is 10.6 Å². The molecule has 0 spiro atoms. The fourth-order valence-electron chi connectivity index (χ4n) is 2.82. The highest BCUT2D eigenvalue weighted by atomic mass is 79.9. The highest BCUT2D eigenvalue weighted by molar-refractivity contribution is 9.09. The van der Waals surface area contributed by atoms with Crippen molar-refractivity contribution >= 4 is 33.5 Å². The summed E-state index contributed by atoms with van der Waals surface area (Å²) in [6.07, 6.45) is 5.45. The van der Waals surface area contributed by atoms with Gasteiger partial charge in [-0.2, -0.15) is 0 Å². The third kappa shape index (κ3) is 15.1. The molecule has 0 aliphatic heterocycles. The van der Waals surface area contributed by atoms with E-state index in [0.717, 1.165) is 25.0 Å². The third-order valence-corrected chi connectivity index (χ3v) is 5.39. The minimum Gasteiger partial charge on any atom is -0.381 e. The number of amides is 2. The van der Waals surface area contributed by atoms with Gasteiger partial charge in [-0.3, -0.25) is 14.4 Å². The normalized spacial score (nSPS) is 11.4. The van der Waals surface area contributed by atoms with E-state index in [1.165, 1.54) is 0 Å². The molecular formula is C23H40BrN5O5. The van der Waals surface area contributed by atoms with Crippen LogP contribution in [0.4, 0.5) is 0 Å². The summed E-state index contributed by atoms with van der Waals surface area (Å²) in [7, 11) is 0. The van der Waals surface area contributed by atoms with E-state index in [2.05, 4.69) is 36.9 Å². The highest BCUT2D eigenvalue weighted by Crippen LogP contribution is 2.17. The third-order valence-electron chi connectivity index (χ3n) is 4.88. The number of aromatic nitrogens is 3. The van der Waals surface area contributed by atoms with Crippen LogP contribution in [0, 0.1) is 5.41 Å². The van der Waals surface area contributed by atoms with Crippen LogP contribution in [0.2, 0.25) is 0 Å². The van der Waals surface area contributed by atoms with E-state index in [0.29, 0.717) is 70.7 Å². The number of carbonyl (C=O) groups excluding carboxylic acids is 3. The predicted molar refractivity (Wildman–Crippen MR) is 133 cm³/mol. The number of ketones is 1. The number of nitrogens with zero attached hydrogens (tertiary/aromatic N) is 3. The molecule has 0 bridgehead atoms. The van der Waals surface area contributed by atoms with Crippen molar-refractivity contribution in [2.45, 2.75) is 65.8 Å². The largest absolute Gasteiger partial charge is 0.381 e. The van der Waals surface area contributed by atoms with Crippen molar-refractivity contribution in [1.29, 1.82) is 0 Å². The van der Waals surface area contributed by atoms with Crippen molar-refractivity contribution in [3.8, 4) is 0 Å². The number of halogens is 1. The zero-order chi connectivity index (χ0) is 25.2. The Kier molecular flexibility index (Phi) is 15.6. The summed E-state index contributed by atoms with van der Waals surface area (Å²) in [5.74, 6) is 0.190. The van der Waals surface area contributed by atoms with E-state index < -0.39 is 0 Å². The number of hydrogen-bond acceptors (Lipinski definition) is 7. The molecule has 34 heavy (non-hydrogen) atoms. The van der Waals surface area contributed by atoms with Crippen LogP contribution in [0.25, 0.3) is 0 Å². The number of aryl methyl sites for hydroxylation is 1. The maximum absolute atomic E-state index is 12.0. The summed E-state index contributed by atoms with van der Waals surface area (Å²) in [5, 5.41) is 14.1. The Morgan fingerprint density at radius 1 is 0.941 bits per heavy atom. The van der Waals surface area contributed by atoms with Crippen molar-refractivity contribution < 1.29 is 23.9 Å². The second-order valence-corrected chi connectivity index (χ2v) is 9.58. The summed E-state index contributed by atoms with van der Waals surface area (Å²) in [4.78, 5) is 34.9. The Labute approximate surface area is 211 Å². The molecule has 0 aliphatic rings. The maximum atomic E-state index is 12.0. The Balaban J connectivity index is 2.01. The van der Waals surface area contributed by atoms with Gasteiger partial charge in [0, 0.05) is 63.8 Å². The first-order chi connectivity index (χ1) is 16.2. The van der Waals surface area contributed by atoms with Crippen molar-refractivity contribution in [2.75, 3.05) is 44.8 Å². The second-order valence-electron chi connectivity index (χ2n) is 9.02. The fraction of sp³-hybridized carbons (Fsp3) is 0.783. The van der Waals surface area contributed by atoms with E-state index in [9.17, 15) is 14.4 Å². The van der Waals surface area contributed by atoms with E-state index in [1.807, 2.05) is 27.0 Å². The van der Waals surface area contributed by atoms with Gasteiger partial charge < -0.3 is 20.1 Å². The first kappa shape index (κ1) is 30.2. The molecule has 0 atom stereocenters. The number of nitrogens with one attached hydrogen (secondary N) is 2. The van der Waals surface area contributed by atoms with Crippen LogP contribution in [0.15, 0.2) is 6.20 Å². The number of carbonyl (C=O) groups is 3. The molecule has 0 aliphatic carbocycles. The zero-order valence-corrected chi connectivity index (χ0v) is 22.3. The molecule has 1 aromatic rings. The molecule has 0 radical (unpaired) electrons. The summed E-state index contributed by atoms with van der Waals surface area (Å²) in [6, 6.07) is 0. The lowest BCUT2D eigenvalue weighted by molar-refractivity contribution is -0.126. The average Bonchev–Trinajstić information content (AvgIpc) is 3.25. The molecule has 2 amide bonds. The minimum atomic E-state index is -0.295. The van der Waals surface area contributed by atoms with Crippen LogP contribution in [-0.4, -0.2) is 77.4 Å². The quantitative estimate of drug-likeness (QED) is 0.201. The smallest absolute Gasteiger partial charge is 0.230 e. The second kappa shape index (κ2) is 17.6. The minimum absolute atomic E-state index is 0.0276. The lowest BCUT2D eigenvalue weighted by Gasteiger charge is -2.16. The molecule has 1 heterocycles. The molecule has 1 aromatic heterocycles. The molecule has 0 fully saturated rings. The Morgan fingerprint density at radius 2 is 1.56 bits per heavy atom. The van der Waals surface area contributed by atoms with Gasteiger partial charge in [-0.15, -0.1) is 5.10 Å². The Hall–Kier alpha value is -1.85. The summed E-state index contributed by atoms with van der Waals surface area (Å²) in [6.45, 7) is 9.71. The molecule has 0 unspecified atom stereocenters. The van der Waals surface area contributed by atoms with Gasteiger partial charge in [0.2, 0.25) is 11.8 Å². The number of rotatable bonds is 19. The fourth-order valence-corrected chi connectivity index (χ4v) is 3.01. The molecule has 0 saturated heterocycles. The molecule has 0 aromatic carbocycles. The van der Waals surface area contributed by atoms with Gasteiger partial charge in [-0.1, -0.05) is 41.9 Å². The highest BCUT2D eigenvalue weighted by Gasteiger charge is 2.20. The predicted octanol–water partition coefficient (Wildman–Crippen LogP) is 2.05. The Bertz CT molecular complexity index is 736. The van der Waals surface area contributed by atoms with Crippen LogP contribution >= 0.6 is 15.9 Å². The monoisotopic (exact) mass is 545 g/mol. The van der Waals surface area contributed by atoms with Gasteiger partial charge in [0.25, 0.3) is 0 Å². The first-order valence-electron chi connectivity index (χ1n) is 11.9. The molecule has 194 valence electrons. The van der Waals surface area contributed by atoms with Crippen molar-refractivity contribution in [2.24, 2.45) is 5.41 Å². The topological polar surface area (TPSA) is 124 Å². The molecular weight excluding hydrogens is 506 g/mol. The number of alkyl halides is 1. The van der Waals surface area contributed by atoms with Gasteiger partial charge in [0.05, 0.1) is 24.2 Å². The van der Waals surface area contributed by atoms with E-state index in [4.69, 9.17) is 9.47 Å². The lowest BCUT2D eigenvalue weighted by atomic mass is 9.88. The molecule has 2 N–H and O–H groups in total. The zero-order valence-electron chi connectivity index (χ0n) is 20.7. The summed E-state index contributed by atoms with van der Waals surface area (Å²) < 4.78 is 12.8. The van der Waals surface area contributed by atoms with Gasteiger partial charge >= 0.3 is 0 Å². The van der Waals surface area contributed by atoms with Gasteiger partial charge in [0.1, 0.15) is 5.78 Å². The van der Waals surface area contributed by atoms with Gasteiger partial charge in [0.15, 0.2) is 0 Å². The van der Waals surface area contributed by atoms with Crippen LogP contribution in [0.5, 0.6) is 0 Å². The summed E-state index contributed by atoms with van der Waals surface area (Å²) >= 11 is 3.09. The lowest BCUT2D eigenvalue weighted by Crippen LogP contribution is -2.26. The molecule has 10 nitrogen and oxygen atoms in total. The van der Waals surface area contributed by atoms with E-state index in [-0.39, 0.29) is 23.0 Å². The SMILES string of the molecule is CC(C)(C)C(=O)CCCOCCn1cc(CCC(=O)NCCCOCCCNC(=O)CBr)nn1. The number of Topliss-reactive ketones (excluding diaryl/α,β-unsaturated/α-hetero) is 1. The Morgan fingerprint density at radius 3 is 2.21 bits per heavy atom. The molecule has 0 saturated carbocycles. The standard InChI is InChI=1S/C23H40BrN5O5/c1-23(2,3)20(30)7-4-13-34-16-12-29-18-19(27-28-29)8-9-21(31)25-10-5-14-33-15-6-11-26-22(32)17-24/h18H,4-17H2,1-3H3,(H,25,31)(H,26,32). The first-order valence-corrected chi connectivity index (χ1v) is 13.0. The maximum Gasteiger partial charge on any atom is 0.230 e. The number of hydrogen-bond donors (Lipinski definition) is 2. The van der Waals surface area contributed by atoms with Crippen molar-refractivity contribution in [3.63, 3.8) is 0 Å². The van der Waals surface area contributed by atoms with Crippen molar-refractivity contribution in [3.05, 3.63) is 11.9 Å². The van der Waals surface area contributed by atoms with Crippen LogP contribution in [0.3, 0.4) is 0 Å². The molecule has 11 heteroatoms. The van der Waals surface area contributed by atoms with E-state index >= 15 is 0 Å². The summed E-state index contributed by atoms with van der Waals surface area (Å²) in [5.41, 5.74) is 0.471. The van der Waals surface area contributed by atoms with Crippen molar-refractivity contribution in [1.82, 2.24) is 25.6 Å². The van der Waals surface area contributed by atoms with Crippen LogP contribution in [-0.2, 0) is 36.8 Å². The van der Waals surface area contributed by atoms with E-state index in [1.54, 1.807) is 4.68 Å². The number of ether oxygens (including phenoxy) is 2. The molecule has 1 rings (SSSR count).